The Balaban J connectivity index is 2.08. The molecule has 1 aromatic carbocycles. The fourth-order valence-corrected chi connectivity index (χ4v) is 2.96. The molecule has 0 spiro atoms. The molecule has 0 saturated heterocycles. The molecule has 0 aliphatic heterocycles. The highest BCUT2D eigenvalue weighted by atomic mass is 32.1. The maximum atomic E-state index is 12.2. The number of ketones is 1. The van der Waals surface area contributed by atoms with Crippen molar-refractivity contribution in [1.29, 1.82) is 0 Å². The lowest BCUT2D eigenvalue weighted by Gasteiger charge is -2.10. The molecule has 2 aromatic rings. The third-order valence-corrected chi connectivity index (χ3v) is 3.86. The lowest BCUT2D eigenvalue weighted by atomic mass is 10.2. The van der Waals surface area contributed by atoms with Crippen LogP contribution in [0, 0.1) is 13.8 Å². The van der Waals surface area contributed by atoms with Crippen molar-refractivity contribution in [1.82, 2.24) is 0 Å². The average molecular weight is 303 g/mol. The number of hydrogen-bond donors (Lipinski definition) is 1. The quantitative estimate of drug-likeness (QED) is 0.859. The fourth-order valence-electron chi connectivity index (χ4n) is 2.01. The van der Waals surface area contributed by atoms with E-state index in [-0.39, 0.29) is 18.3 Å². The molecule has 5 heteroatoms. The van der Waals surface area contributed by atoms with Gasteiger partial charge in [-0.2, -0.15) is 0 Å². The van der Waals surface area contributed by atoms with Crippen LogP contribution in [0.1, 0.15) is 27.0 Å². The topological polar surface area (TPSA) is 55.4 Å². The number of para-hydroxylation sites is 2. The molecule has 0 bridgehead atoms. The normalized spacial score (nSPS) is 10.2. The Morgan fingerprint density at radius 3 is 2.57 bits per heavy atom. The van der Waals surface area contributed by atoms with Crippen molar-refractivity contribution < 1.29 is 14.3 Å². The summed E-state index contributed by atoms with van der Waals surface area (Å²) in [6, 6.07) is 8.94. The van der Waals surface area contributed by atoms with Crippen LogP contribution in [-0.2, 0) is 4.79 Å². The zero-order valence-electron chi connectivity index (χ0n) is 12.2. The molecule has 1 aromatic heterocycles. The van der Waals surface area contributed by atoms with E-state index in [9.17, 15) is 9.59 Å². The maximum absolute atomic E-state index is 12.2. The summed E-state index contributed by atoms with van der Waals surface area (Å²) >= 11 is 1.60. The third kappa shape index (κ3) is 3.92. The van der Waals surface area contributed by atoms with Crippen molar-refractivity contribution in [3.8, 4) is 5.75 Å². The largest absolute Gasteiger partial charge is 0.483 e. The van der Waals surface area contributed by atoms with Crippen LogP contribution in [0.3, 0.4) is 0 Å². The molecule has 2 rings (SSSR count). The van der Waals surface area contributed by atoms with Crippen LogP contribution in [-0.4, -0.2) is 18.3 Å². The number of thiophene rings is 1. The number of carbonyl (C=O) groups is 2. The zero-order valence-corrected chi connectivity index (χ0v) is 13.0. The molecule has 21 heavy (non-hydrogen) atoms. The standard InChI is InChI=1S/C16H17NO3S/c1-10-8-13(11(2)21-10)15(19)9-20-16-7-5-4-6-14(16)17-12(3)18/h4-8H,9H2,1-3H3,(H,17,18). The molecule has 0 radical (unpaired) electrons. The number of ether oxygens (including phenoxy) is 1. The van der Waals surface area contributed by atoms with Crippen LogP contribution in [0.15, 0.2) is 30.3 Å². The highest BCUT2D eigenvalue weighted by Crippen LogP contribution is 2.25. The van der Waals surface area contributed by atoms with Gasteiger partial charge in [0.1, 0.15) is 5.75 Å². The minimum atomic E-state index is -0.179. The predicted molar refractivity (Wildman–Crippen MR) is 84.4 cm³/mol. The summed E-state index contributed by atoms with van der Waals surface area (Å²) in [5, 5.41) is 2.68. The molecule has 0 saturated carbocycles. The van der Waals surface area contributed by atoms with Crippen LogP contribution >= 0.6 is 11.3 Å². The van der Waals surface area contributed by atoms with Crippen LogP contribution in [0.25, 0.3) is 0 Å². The van der Waals surface area contributed by atoms with E-state index in [4.69, 9.17) is 4.74 Å². The average Bonchev–Trinajstić information content (AvgIpc) is 2.76. The van der Waals surface area contributed by atoms with Gasteiger partial charge >= 0.3 is 0 Å². The maximum Gasteiger partial charge on any atom is 0.221 e. The van der Waals surface area contributed by atoms with Gasteiger partial charge in [0.05, 0.1) is 5.69 Å². The molecule has 4 nitrogen and oxygen atoms in total. The molecule has 0 unspecified atom stereocenters. The number of hydrogen-bond acceptors (Lipinski definition) is 4. The first-order valence-electron chi connectivity index (χ1n) is 6.57. The first-order valence-corrected chi connectivity index (χ1v) is 7.38. The van der Waals surface area contributed by atoms with Gasteiger partial charge in [-0.25, -0.2) is 0 Å². The van der Waals surface area contributed by atoms with E-state index < -0.39 is 0 Å². The number of anilines is 1. The molecule has 1 N–H and O–H groups in total. The highest BCUT2D eigenvalue weighted by molar-refractivity contribution is 7.12. The summed E-state index contributed by atoms with van der Waals surface area (Å²) in [7, 11) is 0. The number of nitrogens with one attached hydrogen (secondary N) is 1. The minimum absolute atomic E-state index is 0.0480. The minimum Gasteiger partial charge on any atom is -0.483 e. The van der Waals surface area contributed by atoms with E-state index in [1.165, 1.54) is 6.92 Å². The summed E-state index contributed by atoms with van der Waals surface area (Å²) in [5.41, 5.74) is 1.27. The van der Waals surface area contributed by atoms with Gasteiger partial charge in [0.25, 0.3) is 0 Å². The van der Waals surface area contributed by atoms with E-state index >= 15 is 0 Å². The summed E-state index contributed by atoms with van der Waals surface area (Å²) < 4.78 is 5.56. The fraction of sp³-hybridized carbons (Fsp3) is 0.250. The smallest absolute Gasteiger partial charge is 0.221 e. The lowest BCUT2D eigenvalue weighted by Crippen LogP contribution is -2.14. The SMILES string of the molecule is CC(=O)Nc1ccccc1OCC(=O)c1cc(C)sc1C. The van der Waals surface area contributed by atoms with Crippen LogP contribution in [0.2, 0.25) is 0 Å². The van der Waals surface area contributed by atoms with Gasteiger partial charge < -0.3 is 10.1 Å². The Kier molecular flexibility index (Phi) is 4.75. The second-order valence-electron chi connectivity index (χ2n) is 4.72. The molecule has 0 aliphatic rings. The highest BCUT2D eigenvalue weighted by Gasteiger charge is 2.13. The first-order chi connectivity index (χ1) is 9.97. The summed E-state index contributed by atoms with van der Waals surface area (Å²) in [4.78, 5) is 25.4. The molecule has 0 atom stereocenters. The Bertz CT molecular complexity index is 676. The van der Waals surface area contributed by atoms with Gasteiger partial charge in [-0.3, -0.25) is 9.59 Å². The summed E-state index contributed by atoms with van der Waals surface area (Å²) in [6.07, 6.45) is 0. The number of Topliss-reactive ketones (excluding diaryl/α,β-unsaturated/α-hetero) is 1. The summed E-state index contributed by atoms with van der Waals surface area (Å²) in [5.74, 6) is 0.252. The van der Waals surface area contributed by atoms with Gasteiger partial charge in [0.15, 0.2) is 6.61 Å². The van der Waals surface area contributed by atoms with Crippen LogP contribution in [0.4, 0.5) is 5.69 Å². The van der Waals surface area contributed by atoms with Crippen LogP contribution < -0.4 is 10.1 Å². The van der Waals surface area contributed by atoms with Crippen molar-refractivity contribution in [2.45, 2.75) is 20.8 Å². The Hall–Kier alpha value is -2.14. The van der Waals surface area contributed by atoms with E-state index in [0.29, 0.717) is 17.0 Å². The number of benzene rings is 1. The monoisotopic (exact) mass is 303 g/mol. The second kappa shape index (κ2) is 6.54. The Labute approximate surface area is 127 Å². The van der Waals surface area contributed by atoms with Crippen LogP contribution in [0.5, 0.6) is 5.75 Å². The molecular formula is C16H17NO3S. The van der Waals surface area contributed by atoms with E-state index in [2.05, 4.69) is 5.32 Å². The molecule has 0 aliphatic carbocycles. The molecule has 1 amide bonds. The number of amides is 1. The third-order valence-electron chi connectivity index (χ3n) is 2.90. The van der Waals surface area contributed by atoms with Crippen molar-refractivity contribution in [2.24, 2.45) is 0 Å². The Morgan fingerprint density at radius 1 is 1.24 bits per heavy atom. The predicted octanol–water partition coefficient (Wildman–Crippen LogP) is 3.59. The van der Waals surface area contributed by atoms with Gasteiger partial charge in [0, 0.05) is 22.2 Å². The first kappa shape index (κ1) is 15.3. The van der Waals surface area contributed by atoms with Gasteiger partial charge in [-0.1, -0.05) is 12.1 Å². The number of aryl methyl sites for hydroxylation is 2. The van der Waals surface area contributed by atoms with Crippen molar-refractivity contribution in [3.05, 3.63) is 45.6 Å². The Morgan fingerprint density at radius 2 is 1.95 bits per heavy atom. The molecule has 1 heterocycles. The van der Waals surface area contributed by atoms with Crippen molar-refractivity contribution in [3.63, 3.8) is 0 Å². The van der Waals surface area contributed by atoms with E-state index in [1.54, 1.807) is 35.6 Å². The molecule has 110 valence electrons. The van der Waals surface area contributed by atoms with Crippen molar-refractivity contribution in [2.75, 3.05) is 11.9 Å². The zero-order chi connectivity index (χ0) is 15.4. The number of rotatable bonds is 5. The van der Waals surface area contributed by atoms with E-state index in [0.717, 1.165) is 9.75 Å². The second-order valence-corrected chi connectivity index (χ2v) is 6.18. The van der Waals surface area contributed by atoms with Gasteiger partial charge in [-0.05, 0) is 32.0 Å². The van der Waals surface area contributed by atoms with Gasteiger partial charge in [0.2, 0.25) is 11.7 Å². The van der Waals surface area contributed by atoms with E-state index in [1.807, 2.05) is 19.9 Å². The number of carbonyl (C=O) groups excluding carboxylic acids is 2. The lowest BCUT2D eigenvalue weighted by molar-refractivity contribution is -0.114. The molecular weight excluding hydrogens is 286 g/mol. The van der Waals surface area contributed by atoms with Crippen molar-refractivity contribution >= 4 is 28.7 Å². The van der Waals surface area contributed by atoms with Gasteiger partial charge in [-0.15, -0.1) is 11.3 Å². The molecule has 0 fully saturated rings. The summed E-state index contributed by atoms with van der Waals surface area (Å²) in [6.45, 7) is 5.28.